The molecule has 58 heavy (non-hydrogen) atoms. The molecule has 0 bridgehead atoms. The number of aryl methyl sites for hydroxylation is 4. The molecule has 0 aromatic heterocycles. The number of rotatable bonds is 12. The van der Waals surface area contributed by atoms with Gasteiger partial charge in [-0.15, -0.1) is 69.1 Å². The molecule has 6 rings (SSSR count). The average Bonchev–Trinajstić information content (AvgIpc) is 3.81. The van der Waals surface area contributed by atoms with Crippen molar-refractivity contribution in [1.29, 1.82) is 0 Å². The van der Waals surface area contributed by atoms with Crippen molar-refractivity contribution >= 4 is 48.1 Å². The van der Waals surface area contributed by atoms with Gasteiger partial charge < -0.3 is 0 Å². The summed E-state index contributed by atoms with van der Waals surface area (Å²) in [4.78, 5) is 0. The molecule has 2 radical (unpaired) electrons. The number of benzene rings is 4. The Morgan fingerprint density at radius 1 is 0.500 bits per heavy atom. The summed E-state index contributed by atoms with van der Waals surface area (Å²) in [5, 5.41) is 5.65. The summed E-state index contributed by atoms with van der Waals surface area (Å²) in [7, 11) is 11.0. The van der Waals surface area contributed by atoms with Gasteiger partial charge in [0.25, 0.3) is 0 Å². The van der Waals surface area contributed by atoms with Crippen LogP contribution in [0, 0.1) is 0 Å². The summed E-state index contributed by atoms with van der Waals surface area (Å²) in [6.07, 6.45) is 6.88. The van der Waals surface area contributed by atoms with Crippen LogP contribution < -0.4 is 0 Å². The van der Waals surface area contributed by atoms with Gasteiger partial charge in [-0.1, -0.05) is 168 Å². The van der Waals surface area contributed by atoms with E-state index in [1.165, 1.54) is 114 Å². The van der Waals surface area contributed by atoms with Crippen molar-refractivity contribution in [3.05, 3.63) is 129 Å². The first kappa shape index (κ1) is 50.1. The Morgan fingerprint density at radius 3 is 1.03 bits per heavy atom. The first-order chi connectivity index (χ1) is 27.7. The van der Waals surface area contributed by atoms with E-state index in [0.29, 0.717) is 23.7 Å². The van der Waals surface area contributed by atoms with Crippen LogP contribution in [0.5, 0.6) is 0 Å². The molecule has 0 fully saturated rings. The number of hydrogen-bond donors (Lipinski definition) is 0. The third-order valence-electron chi connectivity index (χ3n) is 11.1. The first-order valence-corrected chi connectivity index (χ1v) is 30.3. The fraction of sp³-hybridized carbons (Fsp3) is 0.444. The second-order valence-corrected chi connectivity index (χ2v) is 21.8. The molecule has 0 N–H and O–H groups in total. The van der Waals surface area contributed by atoms with E-state index >= 15 is 0 Å². The SMILES string of the molecule is CCCc1cc2c(-c3cc(C(C)C)cc(C(C)C)c3)c(CC)ccc2[cH-]1.CCCc1cc2c(-c3cc(C(C)C)cc(C(C)C)c3)c(CC)ccc2[cH-]1.C[Si]C.[Cl][Zr+2][Cl]. The molecule has 0 atom stereocenters. The predicted octanol–water partition coefficient (Wildman–Crippen LogP) is 18.1. The standard InChI is InChI=1S/2C26H33.C2H6Si.2ClH.Zr/c2*1-7-9-19-12-21-11-10-20(8-2)26(25(21)13-19)24-15-22(17(3)4)14-23(16-24)18(5)6;1-3-2;;;/h2*10-18H,7-9H2,1-6H3;1-2H3;2*1H;/q2*-1;;;;+4/p-2. The Bertz CT molecular complexity index is 1940. The Labute approximate surface area is 376 Å². The van der Waals surface area contributed by atoms with E-state index in [9.17, 15) is 0 Å². The molecule has 4 heteroatoms. The van der Waals surface area contributed by atoms with Crippen molar-refractivity contribution in [2.45, 2.75) is 158 Å². The Morgan fingerprint density at radius 2 is 0.793 bits per heavy atom. The third kappa shape index (κ3) is 13.4. The van der Waals surface area contributed by atoms with Crippen molar-refractivity contribution in [3.63, 3.8) is 0 Å². The zero-order valence-corrected chi connectivity index (χ0v) is 43.4. The molecule has 0 aliphatic rings. The topological polar surface area (TPSA) is 0 Å². The fourth-order valence-electron chi connectivity index (χ4n) is 7.89. The summed E-state index contributed by atoms with van der Waals surface area (Å²) in [6, 6.07) is 33.5. The maximum atomic E-state index is 4.93. The zero-order valence-electron chi connectivity index (χ0n) is 38.4. The van der Waals surface area contributed by atoms with Gasteiger partial charge in [0.05, 0.1) is 0 Å². The van der Waals surface area contributed by atoms with E-state index in [2.05, 4.69) is 181 Å². The van der Waals surface area contributed by atoms with Crippen molar-refractivity contribution in [2.75, 3.05) is 0 Å². The van der Waals surface area contributed by atoms with E-state index in [1.54, 1.807) is 0 Å². The van der Waals surface area contributed by atoms with E-state index in [0.717, 1.165) is 22.4 Å². The van der Waals surface area contributed by atoms with Gasteiger partial charge in [0.2, 0.25) is 0 Å². The molecule has 0 heterocycles. The molecule has 0 aliphatic carbocycles. The molecule has 310 valence electrons. The van der Waals surface area contributed by atoms with Crippen LogP contribution in [-0.2, 0) is 46.5 Å². The quantitative estimate of drug-likeness (QED) is 0.0848. The predicted molar refractivity (Wildman–Crippen MR) is 262 cm³/mol. The summed E-state index contributed by atoms with van der Waals surface area (Å²) in [5.41, 5.74) is 17.4. The van der Waals surface area contributed by atoms with Crippen LogP contribution in [0.1, 0.15) is 164 Å². The van der Waals surface area contributed by atoms with Crippen LogP contribution in [0.2, 0.25) is 13.1 Å². The maximum absolute atomic E-state index is 4.93. The minimum atomic E-state index is -0.826. The molecule has 0 saturated carbocycles. The molecular formula is C54H72Cl2SiZr. The average molecular weight is 911 g/mol. The zero-order chi connectivity index (χ0) is 43.1. The van der Waals surface area contributed by atoms with Gasteiger partial charge in [0.1, 0.15) is 0 Å². The molecule has 0 aliphatic heterocycles. The monoisotopic (exact) mass is 908 g/mol. The van der Waals surface area contributed by atoms with Crippen LogP contribution in [0.25, 0.3) is 43.8 Å². The van der Waals surface area contributed by atoms with Crippen molar-refractivity contribution in [1.82, 2.24) is 0 Å². The molecule has 0 unspecified atom stereocenters. The number of hydrogen-bond acceptors (Lipinski definition) is 0. The minimum absolute atomic E-state index is 0.548. The van der Waals surface area contributed by atoms with Gasteiger partial charge in [-0.05, 0) is 82.7 Å². The molecule has 0 nitrogen and oxygen atoms in total. The van der Waals surface area contributed by atoms with Crippen LogP contribution in [-0.4, -0.2) is 9.52 Å². The summed E-state index contributed by atoms with van der Waals surface area (Å²) >= 11 is -0.826. The molecule has 6 aromatic rings. The summed E-state index contributed by atoms with van der Waals surface area (Å²) in [5.74, 6) is 2.19. The molecule has 0 saturated heterocycles. The normalized spacial score (nSPS) is 11.1. The van der Waals surface area contributed by atoms with Crippen molar-refractivity contribution in [2.24, 2.45) is 0 Å². The van der Waals surface area contributed by atoms with E-state index in [1.807, 2.05) is 0 Å². The summed E-state index contributed by atoms with van der Waals surface area (Å²) in [6.45, 7) is 31.8. The molecule has 6 aromatic carbocycles. The van der Waals surface area contributed by atoms with Gasteiger partial charge >= 0.3 is 37.9 Å². The fourth-order valence-corrected chi connectivity index (χ4v) is 7.89. The van der Waals surface area contributed by atoms with E-state index in [4.69, 9.17) is 17.0 Å². The van der Waals surface area contributed by atoms with E-state index < -0.39 is 20.8 Å². The van der Waals surface area contributed by atoms with Gasteiger partial charge in [-0.2, -0.15) is 12.1 Å². The molecular weight excluding hydrogens is 839 g/mol. The molecule has 0 spiro atoms. The second kappa shape index (κ2) is 24.9. The second-order valence-electron chi connectivity index (χ2n) is 17.1. The summed E-state index contributed by atoms with van der Waals surface area (Å²) < 4.78 is 0. The van der Waals surface area contributed by atoms with Crippen LogP contribution >= 0.6 is 17.0 Å². The van der Waals surface area contributed by atoms with Gasteiger partial charge in [-0.3, -0.25) is 0 Å². The van der Waals surface area contributed by atoms with Crippen molar-refractivity contribution < 1.29 is 20.8 Å². The Hall–Kier alpha value is -2.22. The van der Waals surface area contributed by atoms with Crippen LogP contribution in [0.3, 0.4) is 0 Å². The van der Waals surface area contributed by atoms with Gasteiger partial charge in [-0.25, -0.2) is 0 Å². The van der Waals surface area contributed by atoms with Crippen molar-refractivity contribution in [3.8, 4) is 22.3 Å². The van der Waals surface area contributed by atoms with Gasteiger partial charge in [0, 0.05) is 9.52 Å². The number of fused-ring (bicyclic) bond motifs is 2. The number of halogens is 2. The van der Waals surface area contributed by atoms with Crippen LogP contribution in [0.15, 0.2) is 84.9 Å². The Kier molecular flexibility index (Phi) is 21.5. The van der Waals surface area contributed by atoms with E-state index in [-0.39, 0.29) is 0 Å². The third-order valence-corrected chi connectivity index (χ3v) is 11.1. The van der Waals surface area contributed by atoms with Gasteiger partial charge in [0.15, 0.2) is 0 Å². The Balaban J connectivity index is 0.000000273. The molecule has 0 amide bonds. The van der Waals surface area contributed by atoms with Crippen LogP contribution in [0.4, 0.5) is 0 Å². The first-order valence-electron chi connectivity index (χ1n) is 22.0.